The molecule has 0 radical (unpaired) electrons. The van der Waals surface area contributed by atoms with Crippen molar-refractivity contribution in [3.05, 3.63) is 36.0 Å². The van der Waals surface area contributed by atoms with Gasteiger partial charge in [-0.2, -0.15) is 4.31 Å². The van der Waals surface area contributed by atoms with Gasteiger partial charge in [-0.15, -0.1) is 0 Å². The number of hydrogen-bond acceptors (Lipinski definition) is 4. The van der Waals surface area contributed by atoms with Crippen LogP contribution in [0.15, 0.2) is 35.4 Å². The van der Waals surface area contributed by atoms with Gasteiger partial charge in [0.05, 0.1) is 11.6 Å². The van der Waals surface area contributed by atoms with Crippen molar-refractivity contribution in [2.24, 2.45) is 0 Å². The van der Waals surface area contributed by atoms with Crippen molar-refractivity contribution in [2.45, 2.75) is 30.8 Å². The number of hydrogen-bond donors (Lipinski definition) is 1. The molecule has 1 aliphatic rings. The number of fused-ring (bicyclic) bond motifs is 1. The zero-order chi connectivity index (χ0) is 15.0. The van der Waals surface area contributed by atoms with Crippen molar-refractivity contribution in [1.82, 2.24) is 9.29 Å². The highest BCUT2D eigenvalue weighted by Crippen LogP contribution is 2.26. The predicted molar refractivity (Wildman–Crippen MR) is 80.5 cm³/mol. The van der Waals surface area contributed by atoms with Gasteiger partial charge in [-0.3, -0.25) is 4.98 Å². The molecule has 3 rings (SSSR count). The normalized spacial score (nSPS) is 18.2. The van der Waals surface area contributed by atoms with Gasteiger partial charge >= 0.3 is 0 Å². The number of aryl methyl sites for hydroxylation is 1. The Balaban J connectivity index is 2.07. The molecular weight excluding hydrogens is 288 g/mol. The minimum atomic E-state index is -3.57. The lowest BCUT2D eigenvalue weighted by Gasteiger charge is -2.28. The predicted octanol–water partition coefficient (Wildman–Crippen LogP) is 1.69. The number of aromatic nitrogens is 1. The minimum absolute atomic E-state index is 0.247. The molecule has 0 aliphatic carbocycles. The number of aliphatic hydroxyl groups excluding tert-OH is 1. The van der Waals surface area contributed by atoms with Gasteiger partial charge in [0.1, 0.15) is 4.90 Å². The van der Waals surface area contributed by atoms with Gasteiger partial charge in [0.25, 0.3) is 0 Å². The number of rotatable bonds is 2. The van der Waals surface area contributed by atoms with E-state index in [9.17, 15) is 13.5 Å². The molecule has 112 valence electrons. The molecule has 0 unspecified atom stereocenters. The van der Waals surface area contributed by atoms with Gasteiger partial charge in [-0.25, -0.2) is 8.42 Å². The fraction of sp³-hybridized carbons (Fsp3) is 0.400. The molecule has 0 bridgehead atoms. The topological polar surface area (TPSA) is 70.5 Å². The molecule has 0 amide bonds. The average molecular weight is 306 g/mol. The molecule has 21 heavy (non-hydrogen) atoms. The monoisotopic (exact) mass is 306 g/mol. The fourth-order valence-corrected chi connectivity index (χ4v) is 4.31. The fourth-order valence-electron chi connectivity index (χ4n) is 2.67. The third-order valence-electron chi connectivity index (χ3n) is 3.85. The van der Waals surface area contributed by atoms with Crippen LogP contribution in [0.1, 0.15) is 18.4 Å². The Bertz CT molecular complexity index is 766. The quantitative estimate of drug-likeness (QED) is 0.916. The van der Waals surface area contributed by atoms with Crippen LogP contribution in [0.25, 0.3) is 10.9 Å². The Kier molecular flexibility index (Phi) is 3.69. The summed E-state index contributed by atoms with van der Waals surface area (Å²) in [5.74, 6) is 0. The Morgan fingerprint density at radius 1 is 1.29 bits per heavy atom. The first-order valence-corrected chi connectivity index (χ1v) is 8.46. The van der Waals surface area contributed by atoms with E-state index in [1.165, 1.54) is 4.31 Å². The van der Waals surface area contributed by atoms with E-state index in [-0.39, 0.29) is 4.90 Å². The molecule has 5 nitrogen and oxygen atoms in total. The summed E-state index contributed by atoms with van der Waals surface area (Å²) < 4.78 is 27.0. The molecule has 1 aliphatic heterocycles. The summed E-state index contributed by atoms with van der Waals surface area (Å²) in [6.07, 6.45) is 2.25. The number of aliphatic hydroxyl groups is 1. The van der Waals surface area contributed by atoms with Crippen molar-refractivity contribution < 1.29 is 13.5 Å². The third-order valence-corrected chi connectivity index (χ3v) is 5.78. The second-order valence-electron chi connectivity index (χ2n) is 5.48. The number of sulfonamides is 1. The summed E-state index contributed by atoms with van der Waals surface area (Å²) in [7, 11) is -3.57. The highest BCUT2D eigenvalue weighted by atomic mass is 32.2. The molecule has 1 N–H and O–H groups in total. The largest absolute Gasteiger partial charge is 0.393 e. The van der Waals surface area contributed by atoms with Gasteiger partial charge in [0, 0.05) is 24.7 Å². The van der Waals surface area contributed by atoms with Gasteiger partial charge in [0.2, 0.25) is 10.0 Å². The molecular formula is C15H18N2O3S. The van der Waals surface area contributed by atoms with Crippen molar-refractivity contribution in [2.75, 3.05) is 13.1 Å². The van der Waals surface area contributed by atoms with Gasteiger partial charge in [-0.05, 0) is 37.5 Å². The maximum atomic E-state index is 12.8. The van der Waals surface area contributed by atoms with Crippen molar-refractivity contribution in [3.8, 4) is 0 Å². The van der Waals surface area contributed by atoms with Crippen LogP contribution in [0.3, 0.4) is 0 Å². The minimum Gasteiger partial charge on any atom is -0.393 e. The summed E-state index contributed by atoms with van der Waals surface area (Å²) >= 11 is 0. The van der Waals surface area contributed by atoms with Crippen molar-refractivity contribution in [1.29, 1.82) is 0 Å². The van der Waals surface area contributed by atoms with E-state index < -0.39 is 16.1 Å². The van der Waals surface area contributed by atoms with Crippen LogP contribution in [0.5, 0.6) is 0 Å². The average Bonchev–Trinajstić information content (AvgIpc) is 2.46. The zero-order valence-corrected chi connectivity index (χ0v) is 12.7. The van der Waals surface area contributed by atoms with Crippen LogP contribution in [0, 0.1) is 6.92 Å². The Morgan fingerprint density at radius 3 is 2.71 bits per heavy atom. The molecule has 2 heterocycles. The molecule has 1 fully saturated rings. The first-order valence-electron chi connectivity index (χ1n) is 7.02. The van der Waals surface area contributed by atoms with Crippen LogP contribution >= 0.6 is 0 Å². The maximum Gasteiger partial charge on any atom is 0.245 e. The van der Waals surface area contributed by atoms with E-state index in [1.54, 1.807) is 18.3 Å². The van der Waals surface area contributed by atoms with Crippen molar-refractivity contribution in [3.63, 3.8) is 0 Å². The third kappa shape index (κ3) is 2.66. The van der Waals surface area contributed by atoms with E-state index in [4.69, 9.17) is 0 Å². The van der Waals surface area contributed by atoms with Crippen molar-refractivity contribution >= 4 is 20.9 Å². The van der Waals surface area contributed by atoms with Crippen LogP contribution in [-0.4, -0.2) is 42.0 Å². The highest BCUT2D eigenvalue weighted by Gasteiger charge is 2.30. The number of nitrogens with zero attached hydrogens (tertiary/aromatic N) is 2. The Labute approximate surface area is 124 Å². The smallest absolute Gasteiger partial charge is 0.245 e. The summed E-state index contributed by atoms with van der Waals surface area (Å²) in [5.41, 5.74) is 1.51. The Morgan fingerprint density at radius 2 is 2.00 bits per heavy atom. The second-order valence-corrected chi connectivity index (χ2v) is 7.38. The van der Waals surface area contributed by atoms with E-state index >= 15 is 0 Å². The Hall–Kier alpha value is -1.50. The first kappa shape index (κ1) is 14.4. The number of pyridine rings is 1. The zero-order valence-electron chi connectivity index (χ0n) is 11.9. The lowest BCUT2D eigenvalue weighted by atomic mass is 10.1. The lowest BCUT2D eigenvalue weighted by molar-refractivity contribution is 0.113. The molecule has 0 spiro atoms. The van der Waals surface area contributed by atoms with Gasteiger partial charge in [-0.1, -0.05) is 12.1 Å². The van der Waals surface area contributed by atoms with E-state index in [2.05, 4.69) is 4.98 Å². The number of piperidine rings is 1. The van der Waals surface area contributed by atoms with Crippen LogP contribution in [-0.2, 0) is 10.0 Å². The molecule has 2 aromatic rings. The highest BCUT2D eigenvalue weighted by molar-refractivity contribution is 7.89. The lowest BCUT2D eigenvalue weighted by Crippen LogP contribution is -2.40. The van der Waals surface area contributed by atoms with E-state index in [1.807, 2.05) is 19.1 Å². The molecule has 6 heteroatoms. The molecule has 0 saturated carbocycles. The maximum absolute atomic E-state index is 12.8. The first-order chi connectivity index (χ1) is 9.98. The summed E-state index contributed by atoms with van der Waals surface area (Å²) in [5, 5.41) is 10.4. The van der Waals surface area contributed by atoms with E-state index in [0.29, 0.717) is 31.4 Å². The summed E-state index contributed by atoms with van der Waals surface area (Å²) in [6, 6.07) is 7.15. The van der Waals surface area contributed by atoms with Crippen LogP contribution in [0.2, 0.25) is 0 Å². The molecule has 1 aromatic heterocycles. The summed E-state index contributed by atoms with van der Waals surface area (Å²) in [6.45, 7) is 2.64. The SMILES string of the molecule is Cc1cnc2c(S(=O)(=O)N3CCC(O)CC3)cccc2c1. The number of benzene rings is 1. The summed E-state index contributed by atoms with van der Waals surface area (Å²) in [4.78, 5) is 4.55. The molecule has 1 aromatic carbocycles. The van der Waals surface area contributed by atoms with Gasteiger partial charge < -0.3 is 5.11 Å². The molecule has 0 atom stereocenters. The molecule has 1 saturated heterocycles. The van der Waals surface area contributed by atoms with Gasteiger partial charge in [0.15, 0.2) is 0 Å². The number of para-hydroxylation sites is 1. The van der Waals surface area contributed by atoms with Crippen LogP contribution < -0.4 is 0 Å². The second kappa shape index (κ2) is 5.36. The van der Waals surface area contributed by atoms with Crippen LogP contribution in [0.4, 0.5) is 0 Å². The van der Waals surface area contributed by atoms with E-state index in [0.717, 1.165) is 10.9 Å². The standard InChI is InChI=1S/C15H18N2O3S/c1-11-9-12-3-2-4-14(15(12)16-10-11)21(19,20)17-7-5-13(18)6-8-17/h2-4,9-10,13,18H,5-8H2,1H3.